The maximum Gasteiger partial charge on any atom is 0.211 e. The monoisotopic (exact) mass is 391 g/mol. The minimum absolute atomic E-state index is 0.390. The number of sulfonamides is 1. The Morgan fingerprint density at radius 2 is 1.85 bits per heavy atom. The first-order valence-electron chi connectivity index (χ1n) is 8.70. The standard InChI is InChI=1S/C20H25NO5S/c1-20(2)19(22)18(21(3)27(4,23)24)16-12-15(10-11-17(16)26-20)25-13-14-8-6-5-7-9-14/h5-12,18-19,22H,13H2,1-4H3. The molecule has 2 aromatic carbocycles. The Bertz CT molecular complexity index is 911. The first kappa shape index (κ1) is 19.7. The van der Waals surface area contributed by atoms with Crippen molar-refractivity contribution in [2.45, 2.75) is 38.2 Å². The van der Waals surface area contributed by atoms with E-state index in [1.54, 1.807) is 32.0 Å². The van der Waals surface area contributed by atoms with Gasteiger partial charge >= 0.3 is 0 Å². The molecule has 1 aliphatic heterocycles. The number of fused-ring (bicyclic) bond motifs is 1. The summed E-state index contributed by atoms with van der Waals surface area (Å²) in [6.07, 6.45) is 0.0894. The highest BCUT2D eigenvalue weighted by Gasteiger charge is 2.46. The van der Waals surface area contributed by atoms with Crippen LogP contribution in [0.1, 0.15) is 31.0 Å². The molecule has 0 aliphatic carbocycles. The van der Waals surface area contributed by atoms with E-state index in [4.69, 9.17) is 9.47 Å². The van der Waals surface area contributed by atoms with Crippen LogP contribution in [0.15, 0.2) is 48.5 Å². The van der Waals surface area contributed by atoms with Crippen LogP contribution in [0.5, 0.6) is 11.5 Å². The van der Waals surface area contributed by atoms with Crippen LogP contribution in [0.25, 0.3) is 0 Å². The molecule has 0 saturated carbocycles. The van der Waals surface area contributed by atoms with Gasteiger partial charge in [-0.15, -0.1) is 0 Å². The molecule has 2 aromatic rings. The van der Waals surface area contributed by atoms with Crippen molar-refractivity contribution in [1.82, 2.24) is 4.31 Å². The quantitative estimate of drug-likeness (QED) is 0.848. The lowest BCUT2D eigenvalue weighted by atomic mass is 9.86. The number of hydrogen-bond acceptors (Lipinski definition) is 5. The first-order chi connectivity index (χ1) is 12.6. The van der Waals surface area contributed by atoms with E-state index < -0.39 is 27.8 Å². The largest absolute Gasteiger partial charge is 0.489 e. The summed E-state index contributed by atoms with van der Waals surface area (Å²) < 4.78 is 37.2. The van der Waals surface area contributed by atoms with Gasteiger partial charge in [-0.2, -0.15) is 4.31 Å². The lowest BCUT2D eigenvalue weighted by molar-refractivity contribution is -0.0763. The van der Waals surface area contributed by atoms with Crippen LogP contribution in [0.2, 0.25) is 0 Å². The van der Waals surface area contributed by atoms with Gasteiger partial charge in [-0.3, -0.25) is 0 Å². The van der Waals surface area contributed by atoms with E-state index >= 15 is 0 Å². The van der Waals surface area contributed by atoms with E-state index in [0.29, 0.717) is 23.7 Å². The Kier molecular flexibility index (Phi) is 5.20. The number of nitrogens with zero attached hydrogens (tertiary/aromatic N) is 1. The normalized spacial score (nSPS) is 21.4. The Morgan fingerprint density at radius 1 is 1.19 bits per heavy atom. The summed E-state index contributed by atoms with van der Waals surface area (Å²) in [5.74, 6) is 1.12. The summed E-state index contributed by atoms with van der Waals surface area (Å²) in [6, 6.07) is 14.3. The minimum Gasteiger partial charge on any atom is -0.489 e. The maximum absolute atomic E-state index is 12.1. The third kappa shape index (κ3) is 4.10. The Hall–Kier alpha value is -2.09. The zero-order valence-corrected chi connectivity index (χ0v) is 16.7. The highest BCUT2D eigenvalue weighted by molar-refractivity contribution is 7.88. The van der Waals surface area contributed by atoms with Crippen molar-refractivity contribution < 1.29 is 23.0 Å². The number of rotatable bonds is 5. The summed E-state index contributed by atoms with van der Waals surface area (Å²) in [5, 5.41) is 10.8. The summed E-state index contributed by atoms with van der Waals surface area (Å²) in [4.78, 5) is 0. The van der Waals surface area contributed by atoms with E-state index in [1.165, 1.54) is 11.4 Å². The van der Waals surface area contributed by atoms with E-state index in [9.17, 15) is 13.5 Å². The van der Waals surface area contributed by atoms with Gasteiger partial charge in [0.25, 0.3) is 0 Å². The van der Waals surface area contributed by atoms with E-state index in [-0.39, 0.29) is 0 Å². The van der Waals surface area contributed by atoms with E-state index in [2.05, 4.69) is 0 Å². The van der Waals surface area contributed by atoms with Crippen LogP contribution >= 0.6 is 0 Å². The van der Waals surface area contributed by atoms with Gasteiger partial charge < -0.3 is 14.6 Å². The van der Waals surface area contributed by atoms with Gasteiger partial charge in [0.2, 0.25) is 10.0 Å². The van der Waals surface area contributed by atoms with Crippen molar-refractivity contribution in [2.75, 3.05) is 13.3 Å². The van der Waals surface area contributed by atoms with Gasteiger partial charge in [0.15, 0.2) is 0 Å². The molecule has 0 saturated heterocycles. The highest BCUT2D eigenvalue weighted by atomic mass is 32.2. The summed E-state index contributed by atoms with van der Waals surface area (Å²) in [5.41, 5.74) is 0.681. The molecule has 1 heterocycles. The van der Waals surface area contributed by atoms with Crippen molar-refractivity contribution in [3.05, 3.63) is 59.7 Å². The molecule has 0 radical (unpaired) electrons. The van der Waals surface area contributed by atoms with Gasteiger partial charge in [0, 0.05) is 12.6 Å². The molecule has 27 heavy (non-hydrogen) atoms. The van der Waals surface area contributed by atoms with Crippen molar-refractivity contribution in [1.29, 1.82) is 0 Å². The van der Waals surface area contributed by atoms with Crippen molar-refractivity contribution in [3.8, 4) is 11.5 Å². The van der Waals surface area contributed by atoms with Crippen LogP contribution in [0, 0.1) is 0 Å². The molecular formula is C20H25NO5S. The molecule has 0 amide bonds. The number of aliphatic hydroxyl groups is 1. The van der Waals surface area contributed by atoms with E-state index in [1.807, 2.05) is 30.3 Å². The second kappa shape index (κ2) is 7.14. The molecule has 0 fully saturated rings. The number of aliphatic hydroxyl groups excluding tert-OH is 1. The van der Waals surface area contributed by atoms with Gasteiger partial charge in [-0.25, -0.2) is 8.42 Å². The fourth-order valence-electron chi connectivity index (χ4n) is 3.18. The topological polar surface area (TPSA) is 76.1 Å². The van der Waals surface area contributed by atoms with Gasteiger partial charge in [-0.1, -0.05) is 30.3 Å². The first-order valence-corrected chi connectivity index (χ1v) is 10.6. The molecule has 6 nitrogen and oxygen atoms in total. The van der Waals surface area contributed by atoms with Crippen molar-refractivity contribution >= 4 is 10.0 Å². The maximum atomic E-state index is 12.1. The lowest BCUT2D eigenvalue weighted by Crippen LogP contribution is -2.53. The zero-order chi connectivity index (χ0) is 19.8. The smallest absolute Gasteiger partial charge is 0.211 e. The highest BCUT2D eigenvalue weighted by Crippen LogP contribution is 2.44. The zero-order valence-electron chi connectivity index (χ0n) is 15.9. The molecule has 3 rings (SSSR count). The van der Waals surface area contributed by atoms with Crippen LogP contribution in [-0.2, 0) is 16.6 Å². The number of likely N-dealkylation sites (N-methyl/N-ethyl adjacent to an activating group) is 1. The molecule has 1 N–H and O–H groups in total. The third-order valence-corrected chi connectivity index (χ3v) is 6.12. The molecule has 2 atom stereocenters. The molecular weight excluding hydrogens is 366 g/mol. The van der Waals surface area contributed by atoms with Crippen LogP contribution < -0.4 is 9.47 Å². The van der Waals surface area contributed by atoms with Crippen LogP contribution in [-0.4, -0.2) is 42.8 Å². The summed E-state index contributed by atoms with van der Waals surface area (Å²) in [7, 11) is -2.06. The number of hydrogen-bond donors (Lipinski definition) is 1. The second-order valence-corrected chi connectivity index (χ2v) is 9.39. The summed E-state index contributed by atoms with van der Waals surface area (Å²) in [6.45, 7) is 3.87. The predicted molar refractivity (Wildman–Crippen MR) is 103 cm³/mol. The molecule has 1 aliphatic rings. The molecule has 0 spiro atoms. The SMILES string of the molecule is CN(C1c2cc(OCc3ccccc3)ccc2OC(C)(C)C1O)S(C)(=O)=O. The Labute approximate surface area is 160 Å². The Balaban J connectivity index is 1.95. The molecule has 0 bridgehead atoms. The number of ether oxygens (including phenoxy) is 2. The van der Waals surface area contributed by atoms with Gasteiger partial charge in [0.05, 0.1) is 12.3 Å². The molecule has 7 heteroatoms. The summed E-state index contributed by atoms with van der Waals surface area (Å²) >= 11 is 0. The second-order valence-electron chi connectivity index (χ2n) is 7.35. The average Bonchev–Trinajstić information content (AvgIpc) is 2.60. The van der Waals surface area contributed by atoms with Gasteiger partial charge in [-0.05, 0) is 37.6 Å². The molecule has 2 unspecified atom stereocenters. The molecule has 146 valence electrons. The third-order valence-electron chi connectivity index (χ3n) is 4.85. The average molecular weight is 391 g/mol. The predicted octanol–water partition coefficient (Wildman–Crippen LogP) is 2.73. The van der Waals surface area contributed by atoms with Crippen LogP contribution in [0.4, 0.5) is 0 Å². The Morgan fingerprint density at radius 3 is 2.48 bits per heavy atom. The lowest BCUT2D eigenvalue weighted by Gasteiger charge is -2.44. The fraction of sp³-hybridized carbons (Fsp3) is 0.400. The van der Waals surface area contributed by atoms with Crippen molar-refractivity contribution in [2.24, 2.45) is 0 Å². The van der Waals surface area contributed by atoms with Crippen LogP contribution in [0.3, 0.4) is 0 Å². The number of benzene rings is 2. The van der Waals surface area contributed by atoms with E-state index in [0.717, 1.165) is 11.8 Å². The molecule has 0 aromatic heterocycles. The van der Waals surface area contributed by atoms with Crippen molar-refractivity contribution in [3.63, 3.8) is 0 Å². The van der Waals surface area contributed by atoms with Gasteiger partial charge in [0.1, 0.15) is 29.8 Å². The minimum atomic E-state index is -3.52. The fourth-order valence-corrected chi connectivity index (χ4v) is 3.82.